The predicted molar refractivity (Wildman–Crippen MR) is 68.0 cm³/mol. The van der Waals surface area contributed by atoms with Crippen LogP contribution in [-0.4, -0.2) is 15.0 Å². The first-order valence-corrected chi connectivity index (χ1v) is 6.04. The molecule has 0 aliphatic heterocycles. The van der Waals surface area contributed by atoms with Crippen molar-refractivity contribution in [1.82, 2.24) is 15.0 Å². The molecule has 0 fully saturated rings. The number of halogens is 4. The minimum Gasteiger partial charge on any atom is -0.348 e. The number of hydrogen-bond acceptors (Lipinski definition) is 4. The molecular formula is C13H12F4N4. The third kappa shape index (κ3) is 3.65. The van der Waals surface area contributed by atoms with Crippen LogP contribution in [0.25, 0.3) is 0 Å². The lowest BCUT2D eigenvalue weighted by Crippen LogP contribution is -2.13. The minimum absolute atomic E-state index is 0.0914. The van der Waals surface area contributed by atoms with E-state index in [0.717, 1.165) is 6.07 Å². The molecule has 0 radical (unpaired) electrons. The van der Waals surface area contributed by atoms with Crippen LogP contribution in [0.2, 0.25) is 0 Å². The van der Waals surface area contributed by atoms with Gasteiger partial charge in [0.15, 0.2) is 0 Å². The van der Waals surface area contributed by atoms with Gasteiger partial charge in [0.1, 0.15) is 11.5 Å². The highest BCUT2D eigenvalue weighted by Crippen LogP contribution is 2.28. The van der Waals surface area contributed by atoms with Crippen molar-refractivity contribution in [2.75, 3.05) is 5.32 Å². The number of anilines is 1. The van der Waals surface area contributed by atoms with Gasteiger partial charge in [0, 0.05) is 11.9 Å². The Morgan fingerprint density at radius 2 is 1.90 bits per heavy atom. The van der Waals surface area contributed by atoms with E-state index in [0.29, 0.717) is 5.56 Å². The van der Waals surface area contributed by atoms with Gasteiger partial charge in [-0.05, 0) is 31.5 Å². The number of nitrogens with one attached hydrogen (secondary N) is 1. The third-order valence-electron chi connectivity index (χ3n) is 2.71. The summed E-state index contributed by atoms with van der Waals surface area (Å²) in [5, 5.41) is 2.56. The van der Waals surface area contributed by atoms with E-state index in [1.54, 1.807) is 6.92 Å². The number of pyridine rings is 1. The van der Waals surface area contributed by atoms with Gasteiger partial charge in [0.25, 0.3) is 0 Å². The molecular weight excluding hydrogens is 288 g/mol. The molecule has 0 atom stereocenters. The second-order valence-electron chi connectivity index (χ2n) is 4.46. The fraction of sp³-hybridized carbons (Fsp3) is 0.308. The summed E-state index contributed by atoms with van der Waals surface area (Å²) in [6.07, 6.45) is -3.13. The van der Waals surface area contributed by atoms with E-state index in [-0.39, 0.29) is 23.9 Å². The molecule has 0 amide bonds. The van der Waals surface area contributed by atoms with Crippen LogP contribution in [0.1, 0.15) is 22.6 Å². The van der Waals surface area contributed by atoms with E-state index >= 15 is 0 Å². The largest absolute Gasteiger partial charge is 0.433 e. The summed E-state index contributed by atoms with van der Waals surface area (Å²) >= 11 is 0. The second-order valence-corrected chi connectivity index (χ2v) is 4.46. The molecule has 21 heavy (non-hydrogen) atoms. The number of rotatable bonds is 3. The van der Waals surface area contributed by atoms with Crippen LogP contribution in [0, 0.1) is 19.7 Å². The van der Waals surface area contributed by atoms with Gasteiger partial charge in [-0.3, -0.25) is 4.98 Å². The van der Waals surface area contributed by atoms with Crippen LogP contribution in [0.15, 0.2) is 18.3 Å². The van der Waals surface area contributed by atoms with Crippen molar-refractivity contribution in [2.45, 2.75) is 26.6 Å². The van der Waals surface area contributed by atoms with Crippen LogP contribution in [0.4, 0.5) is 23.5 Å². The summed E-state index contributed by atoms with van der Waals surface area (Å²) in [5.41, 5.74) is -0.385. The quantitative estimate of drug-likeness (QED) is 0.884. The summed E-state index contributed by atoms with van der Waals surface area (Å²) in [6.45, 7) is 2.90. The summed E-state index contributed by atoms with van der Waals surface area (Å²) in [7, 11) is 0. The highest BCUT2D eigenvalue weighted by molar-refractivity contribution is 5.30. The Labute approximate surface area is 118 Å². The van der Waals surface area contributed by atoms with Crippen molar-refractivity contribution < 1.29 is 17.6 Å². The Kier molecular flexibility index (Phi) is 4.06. The number of nitrogens with zero attached hydrogens (tertiary/aromatic N) is 3. The molecule has 2 rings (SSSR count). The van der Waals surface area contributed by atoms with E-state index < -0.39 is 17.7 Å². The Hall–Kier alpha value is -2.25. The Morgan fingerprint density at radius 3 is 2.57 bits per heavy atom. The smallest absolute Gasteiger partial charge is 0.348 e. The van der Waals surface area contributed by atoms with E-state index in [1.165, 1.54) is 19.2 Å². The zero-order valence-electron chi connectivity index (χ0n) is 11.3. The highest BCUT2D eigenvalue weighted by Gasteiger charge is 2.33. The monoisotopic (exact) mass is 300 g/mol. The van der Waals surface area contributed by atoms with Crippen molar-refractivity contribution in [2.24, 2.45) is 0 Å². The fourth-order valence-electron chi connectivity index (χ4n) is 1.68. The summed E-state index contributed by atoms with van der Waals surface area (Å²) in [5.74, 6) is -0.723. The van der Waals surface area contributed by atoms with Gasteiger partial charge in [-0.1, -0.05) is 0 Å². The van der Waals surface area contributed by atoms with Gasteiger partial charge in [-0.15, -0.1) is 0 Å². The molecule has 1 N–H and O–H groups in total. The van der Waals surface area contributed by atoms with Crippen LogP contribution >= 0.6 is 0 Å². The molecule has 0 aliphatic rings. The average molecular weight is 300 g/mol. The topological polar surface area (TPSA) is 50.7 Å². The van der Waals surface area contributed by atoms with Crippen molar-refractivity contribution >= 4 is 5.95 Å². The normalized spacial score (nSPS) is 11.5. The van der Waals surface area contributed by atoms with Gasteiger partial charge >= 0.3 is 6.18 Å². The zero-order valence-corrected chi connectivity index (χ0v) is 11.3. The molecule has 0 saturated heterocycles. The Balaban J connectivity index is 2.21. The van der Waals surface area contributed by atoms with Crippen LogP contribution in [0.5, 0.6) is 0 Å². The lowest BCUT2D eigenvalue weighted by molar-refractivity contribution is -0.141. The van der Waals surface area contributed by atoms with Gasteiger partial charge in [0.05, 0.1) is 12.2 Å². The molecule has 2 heterocycles. The van der Waals surface area contributed by atoms with Crippen LogP contribution in [-0.2, 0) is 12.7 Å². The van der Waals surface area contributed by atoms with E-state index in [9.17, 15) is 17.6 Å². The first-order valence-electron chi connectivity index (χ1n) is 6.04. The summed E-state index contributed by atoms with van der Waals surface area (Å²) in [4.78, 5) is 11.0. The minimum atomic E-state index is -4.56. The van der Waals surface area contributed by atoms with Crippen LogP contribution < -0.4 is 5.32 Å². The first kappa shape index (κ1) is 15.1. The maximum atomic E-state index is 13.7. The van der Waals surface area contributed by atoms with Crippen molar-refractivity contribution in [3.63, 3.8) is 0 Å². The predicted octanol–water partition coefficient (Wildman–Crippen LogP) is 3.26. The van der Waals surface area contributed by atoms with E-state index in [2.05, 4.69) is 20.3 Å². The molecule has 0 bridgehead atoms. The molecule has 2 aromatic rings. The maximum absolute atomic E-state index is 13.7. The van der Waals surface area contributed by atoms with E-state index in [4.69, 9.17) is 0 Å². The molecule has 0 aromatic carbocycles. The molecule has 8 heteroatoms. The van der Waals surface area contributed by atoms with Gasteiger partial charge in [-0.25, -0.2) is 14.4 Å². The number of aryl methyl sites for hydroxylation is 2. The van der Waals surface area contributed by atoms with Crippen molar-refractivity contribution in [1.29, 1.82) is 0 Å². The molecule has 0 saturated carbocycles. The SMILES string of the molecule is Cc1cc(C(F)(F)F)nc(NCc2nccc(C)c2F)n1. The molecule has 0 aliphatic carbocycles. The Morgan fingerprint density at radius 1 is 1.19 bits per heavy atom. The lowest BCUT2D eigenvalue weighted by Gasteiger charge is -2.10. The van der Waals surface area contributed by atoms with Gasteiger partial charge in [-0.2, -0.15) is 13.2 Å². The zero-order chi connectivity index (χ0) is 15.6. The van der Waals surface area contributed by atoms with Crippen LogP contribution in [0.3, 0.4) is 0 Å². The molecule has 112 valence electrons. The van der Waals surface area contributed by atoms with Gasteiger partial charge < -0.3 is 5.32 Å². The standard InChI is InChI=1S/C13H12F4N4/c1-7-3-4-18-9(11(7)14)6-19-12-20-8(2)5-10(21-12)13(15,16)17/h3-5H,6H2,1-2H3,(H,19,20,21). The van der Waals surface area contributed by atoms with Gasteiger partial charge in [0.2, 0.25) is 5.95 Å². The van der Waals surface area contributed by atoms with Crippen molar-refractivity contribution in [3.05, 3.63) is 46.8 Å². The molecule has 0 spiro atoms. The Bertz CT molecular complexity index is 655. The molecule has 2 aromatic heterocycles. The lowest BCUT2D eigenvalue weighted by atomic mass is 10.2. The number of alkyl halides is 3. The molecule has 0 unspecified atom stereocenters. The van der Waals surface area contributed by atoms with E-state index in [1.807, 2.05) is 0 Å². The second kappa shape index (κ2) is 5.63. The highest BCUT2D eigenvalue weighted by atomic mass is 19.4. The summed E-state index contributed by atoms with van der Waals surface area (Å²) < 4.78 is 51.6. The maximum Gasteiger partial charge on any atom is 0.433 e. The van der Waals surface area contributed by atoms with Crippen molar-refractivity contribution in [3.8, 4) is 0 Å². The third-order valence-corrected chi connectivity index (χ3v) is 2.71. The fourth-order valence-corrected chi connectivity index (χ4v) is 1.68. The first-order chi connectivity index (χ1) is 9.77. The number of hydrogen-bond donors (Lipinski definition) is 1. The summed E-state index contributed by atoms with van der Waals surface area (Å²) in [6, 6.07) is 2.35. The number of aromatic nitrogens is 3. The molecule has 4 nitrogen and oxygen atoms in total. The average Bonchev–Trinajstić information content (AvgIpc) is 2.39.